The van der Waals surface area contributed by atoms with Crippen LogP contribution in [0.25, 0.3) is 0 Å². The topological polar surface area (TPSA) is 61.4 Å². The van der Waals surface area contributed by atoms with E-state index in [2.05, 4.69) is 14.3 Å². The van der Waals surface area contributed by atoms with Crippen molar-refractivity contribution in [3.05, 3.63) is 24.3 Å². The Morgan fingerprint density at radius 2 is 1.89 bits per heavy atom. The summed E-state index contributed by atoms with van der Waals surface area (Å²) in [5.41, 5.74) is 1.67. The molecule has 0 saturated carbocycles. The highest BCUT2D eigenvalue weighted by Crippen LogP contribution is 2.23. The van der Waals surface area contributed by atoms with E-state index in [0.29, 0.717) is 5.69 Å². The Morgan fingerprint density at radius 3 is 2.53 bits per heavy atom. The van der Waals surface area contributed by atoms with Gasteiger partial charge < -0.3 is 4.90 Å². The molecule has 0 atom stereocenters. The van der Waals surface area contributed by atoms with Crippen molar-refractivity contribution in [2.45, 2.75) is 32.7 Å². The van der Waals surface area contributed by atoms with Crippen molar-refractivity contribution in [3.8, 4) is 0 Å². The number of rotatable bonds is 5. The predicted octanol–water partition coefficient (Wildman–Crippen LogP) is 1.94. The number of anilines is 2. The highest BCUT2D eigenvalue weighted by Gasteiger charge is 2.14. The molecule has 1 fully saturated rings. The van der Waals surface area contributed by atoms with Gasteiger partial charge in [-0.1, -0.05) is 6.07 Å². The molecule has 19 heavy (non-hydrogen) atoms. The Labute approximate surface area is 115 Å². The summed E-state index contributed by atoms with van der Waals surface area (Å²) in [5.74, 6) is 0. The van der Waals surface area contributed by atoms with Crippen LogP contribution in [0.5, 0.6) is 0 Å². The minimum atomic E-state index is -3.49. The molecule has 0 amide bonds. The van der Waals surface area contributed by atoms with Gasteiger partial charge in [0.25, 0.3) is 10.2 Å². The number of hydrogen-bond donors (Lipinski definition) is 2. The average molecular weight is 283 g/mol. The SMILES string of the molecule is CC(C)NS(=O)(=O)Nc1cccc(N2CCCC2)c1. The van der Waals surface area contributed by atoms with Gasteiger partial charge in [0, 0.05) is 24.8 Å². The van der Waals surface area contributed by atoms with E-state index < -0.39 is 10.2 Å². The van der Waals surface area contributed by atoms with Crippen molar-refractivity contribution >= 4 is 21.6 Å². The van der Waals surface area contributed by atoms with Crippen LogP contribution in [0.15, 0.2) is 24.3 Å². The van der Waals surface area contributed by atoms with E-state index in [4.69, 9.17) is 0 Å². The van der Waals surface area contributed by atoms with E-state index >= 15 is 0 Å². The Morgan fingerprint density at radius 1 is 1.21 bits per heavy atom. The first kappa shape index (κ1) is 14.1. The van der Waals surface area contributed by atoms with Crippen LogP contribution >= 0.6 is 0 Å². The molecule has 1 aliphatic heterocycles. The third kappa shape index (κ3) is 4.11. The van der Waals surface area contributed by atoms with Gasteiger partial charge in [0.15, 0.2) is 0 Å². The summed E-state index contributed by atoms with van der Waals surface area (Å²) in [7, 11) is -3.49. The highest BCUT2D eigenvalue weighted by atomic mass is 32.2. The molecule has 1 aromatic rings. The van der Waals surface area contributed by atoms with Crippen LogP contribution in [0.3, 0.4) is 0 Å². The number of nitrogens with zero attached hydrogens (tertiary/aromatic N) is 1. The Hall–Kier alpha value is -1.27. The fourth-order valence-corrected chi connectivity index (χ4v) is 3.35. The molecule has 0 radical (unpaired) electrons. The average Bonchev–Trinajstić information content (AvgIpc) is 2.79. The van der Waals surface area contributed by atoms with E-state index in [1.807, 2.05) is 18.2 Å². The van der Waals surface area contributed by atoms with Crippen molar-refractivity contribution in [1.82, 2.24) is 4.72 Å². The summed E-state index contributed by atoms with van der Waals surface area (Å²) in [5, 5.41) is 0. The van der Waals surface area contributed by atoms with Crippen LogP contribution in [0, 0.1) is 0 Å². The smallest absolute Gasteiger partial charge is 0.299 e. The molecule has 1 saturated heterocycles. The van der Waals surface area contributed by atoms with Gasteiger partial charge >= 0.3 is 0 Å². The zero-order valence-electron chi connectivity index (χ0n) is 11.4. The fourth-order valence-electron chi connectivity index (χ4n) is 2.24. The van der Waals surface area contributed by atoms with Crippen LogP contribution in [-0.4, -0.2) is 27.5 Å². The minimum Gasteiger partial charge on any atom is -0.371 e. The quantitative estimate of drug-likeness (QED) is 0.868. The summed E-state index contributed by atoms with van der Waals surface area (Å²) in [4.78, 5) is 2.27. The first-order valence-corrected chi connectivity index (χ1v) is 8.10. The summed E-state index contributed by atoms with van der Waals surface area (Å²) in [6, 6.07) is 7.41. The zero-order valence-corrected chi connectivity index (χ0v) is 12.2. The first-order valence-electron chi connectivity index (χ1n) is 6.61. The minimum absolute atomic E-state index is 0.126. The van der Waals surface area contributed by atoms with Gasteiger partial charge in [-0.05, 0) is 44.9 Å². The van der Waals surface area contributed by atoms with Gasteiger partial charge in [0.05, 0.1) is 5.69 Å². The molecule has 1 aliphatic rings. The zero-order chi connectivity index (χ0) is 13.9. The molecular formula is C13H21N3O2S. The number of hydrogen-bond acceptors (Lipinski definition) is 3. The molecule has 0 unspecified atom stereocenters. The molecule has 0 aromatic heterocycles. The molecule has 2 N–H and O–H groups in total. The molecule has 106 valence electrons. The third-order valence-corrected chi connectivity index (χ3v) is 4.25. The number of nitrogens with one attached hydrogen (secondary N) is 2. The van der Waals surface area contributed by atoms with Crippen molar-refractivity contribution in [2.24, 2.45) is 0 Å². The molecule has 1 heterocycles. The predicted molar refractivity (Wildman–Crippen MR) is 78.7 cm³/mol. The molecule has 0 aliphatic carbocycles. The Balaban J connectivity index is 2.10. The van der Waals surface area contributed by atoms with Crippen LogP contribution in [0.1, 0.15) is 26.7 Å². The van der Waals surface area contributed by atoms with E-state index in [-0.39, 0.29) is 6.04 Å². The van der Waals surface area contributed by atoms with Gasteiger partial charge in [-0.2, -0.15) is 13.1 Å². The lowest BCUT2D eigenvalue weighted by molar-refractivity contribution is 0.575. The van der Waals surface area contributed by atoms with Gasteiger partial charge in [0.2, 0.25) is 0 Å². The maximum Gasteiger partial charge on any atom is 0.299 e. The van der Waals surface area contributed by atoms with Crippen LogP contribution < -0.4 is 14.3 Å². The molecule has 5 nitrogen and oxygen atoms in total. The lowest BCUT2D eigenvalue weighted by atomic mass is 10.2. The van der Waals surface area contributed by atoms with E-state index in [1.165, 1.54) is 12.8 Å². The van der Waals surface area contributed by atoms with Crippen molar-refractivity contribution in [3.63, 3.8) is 0 Å². The molecule has 1 aromatic carbocycles. The van der Waals surface area contributed by atoms with E-state index in [0.717, 1.165) is 18.8 Å². The van der Waals surface area contributed by atoms with Crippen molar-refractivity contribution < 1.29 is 8.42 Å². The second-order valence-electron chi connectivity index (χ2n) is 5.12. The summed E-state index contributed by atoms with van der Waals surface area (Å²) in [6.07, 6.45) is 2.40. The van der Waals surface area contributed by atoms with Crippen LogP contribution in [-0.2, 0) is 10.2 Å². The van der Waals surface area contributed by atoms with Crippen LogP contribution in [0.4, 0.5) is 11.4 Å². The van der Waals surface area contributed by atoms with Gasteiger partial charge in [-0.3, -0.25) is 4.72 Å². The lowest BCUT2D eigenvalue weighted by Gasteiger charge is -2.19. The Bertz CT molecular complexity index is 522. The van der Waals surface area contributed by atoms with E-state index in [1.54, 1.807) is 19.9 Å². The third-order valence-electron chi connectivity index (χ3n) is 2.96. The molecule has 0 spiro atoms. The normalized spacial score (nSPS) is 16.1. The largest absolute Gasteiger partial charge is 0.371 e. The first-order chi connectivity index (χ1) is 8.96. The maximum absolute atomic E-state index is 11.8. The van der Waals surface area contributed by atoms with Gasteiger partial charge in [-0.25, -0.2) is 0 Å². The number of benzene rings is 1. The van der Waals surface area contributed by atoms with Gasteiger partial charge in [0.1, 0.15) is 0 Å². The second-order valence-corrected chi connectivity index (χ2v) is 6.57. The molecule has 2 rings (SSSR count). The Kier molecular flexibility index (Phi) is 4.31. The summed E-state index contributed by atoms with van der Waals surface area (Å²) < 4.78 is 28.7. The standard InChI is InChI=1S/C13H21N3O2S/c1-11(2)14-19(17,18)15-12-6-5-7-13(10-12)16-8-3-4-9-16/h5-7,10-11,14-15H,3-4,8-9H2,1-2H3. The second kappa shape index (κ2) is 5.79. The monoisotopic (exact) mass is 283 g/mol. The van der Waals surface area contributed by atoms with Crippen LogP contribution in [0.2, 0.25) is 0 Å². The van der Waals surface area contributed by atoms with Gasteiger partial charge in [-0.15, -0.1) is 0 Å². The van der Waals surface area contributed by atoms with E-state index in [9.17, 15) is 8.42 Å². The highest BCUT2D eigenvalue weighted by molar-refractivity contribution is 7.90. The maximum atomic E-state index is 11.8. The summed E-state index contributed by atoms with van der Waals surface area (Å²) >= 11 is 0. The summed E-state index contributed by atoms with van der Waals surface area (Å²) in [6.45, 7) is 5.67. The molecular weight excluding hydrogens is 262 g/mol. The fraction of sp³-hybridized carbons (Fsp3) is 0.538. The lowest BCUT2D eigenvalue weighted by Crippen LogP contribution is -2.35. The molecule has 6 heteroatoms. The van der Waals surface area contributed by atoms with Crippen molar-refractivity contribution in [2.75, 3.05) is 22.7 Å². The van der Waals surface area contributed by atoms with Crippen molar-refractivity contribution in [1.29, 1.82) is 0 Å². The molecule has 0 bridgehead atoms.